The van der Waals surface area contributed by atoms with Crippen molar-refractivity contribution in [2.24, 2.45) is 0 Å². The van der Waals surface area contributed by atoms with Crippen LogP contribution >= 0.6 is 22.6 Å². The van der Waals surface area contributed by atoms with E-state index in [1.165, 1.54) is 11.8 Å². The van der Waals surface area contributed by atoms with Crippen LogP contribution in [0.2, 0.25) is 0 Å². The summed E-state index contributed by atoms with van der Waals surface area (Å²) in [6.07, 6.45) is 5.48. The number of imidazole rings is 1. The summed E-state index contributed by atoms with van der Waals surface area (Å²) >= 11 is 2.30. The van der Waals surface area contributed by atoms with Gasteiger partial charge in [0.15, 0.2) is 5.78 Å². The summed E-state index contributed by atoms with van der Waals surface area (Å²) < 4.78 is 6.22. The monoisotopic (exact) mass is 529 g/mol. The number of carbonyl (C=O) groups is 2. The van der Waals surface area contributed by atoms with Gasteiger partial charge in [-0.1, -0.05) is 52.0 Å². The molecule has 9 heteroatoms. The second-order valence-corrected chi connectivity index (χ2v) is 7.77. The summed E-state index contributed by atoms with van der Waals surface area (Å²) in [6, 6.07) is 9.41. The standard InChI is InChI=1S/C22H20IN5O3/c1-13-19(20(28-31-13)15-4-2-14(9-23)3-5-15)21(29)16-8-18(26-10-16)22(30)25-7-6-17-11-24-12-27-17/h2-5,8,10-12,26H,6-7,9H2,1H3,(H,24,27)(H,25,30). The van der Waals surface area contributed by atoms with Crippen LogP contribution in [0.1, 0.15) is 43.4 Å². The van der Waals surface area contributed by atoms with Crippen LogP contribution in [0, 0.1) is 6.92 Å². The number of benzene rings is 1. The smallest absolute Gasteiger partial charge is 0.267 e. The molecule has 0 fully saturated rings. The van der Waals surface area contributed by atoms with Crippen molar-refractivity contribution in [3.63, 3.8) is 0 Å². The zero-order valence-electron chi connectivity index (χ0n) is 16.7. The molecule has 0 atom stereocenters. The summed E-state index contributed by atoms with van der Waals surface area (Å²) in [4.78, 5) is 35.4. The van der Waals surface area contributed by atoms with E-state index in [0.29, 0.717) is 41.2 Å². The Kier molecular flexibility index (Phi) is 6.31. The Balaban J connectivity index is 1.49. The van der Waals surface area contributed by atoms with Gasteiger partial charge in [-0.2, -0.15) is 0 Å². The fourth-order valence-electron chi connectivity index (χ4n) is 3.22. The quantitative estimate of drug-likeness (QED) is 0.182. The third kappa shape index (κ3) is 4.61. The highest BCUT2D eigenvalue weighted by Gasteiger charge is 2.24. The Morgan fingerprint density at radius 3 is 2.71 bits per heavy atom. The van der Waals surface area contributed by atoms with E-state index in [4.69, 9.17) is 4.52 Å². The van der Waals surface area contributed by atoms with Crippen molar-refractivity contribution < 1.29 is 14.1 Å². The molecule has 3 N–H and O–H groups in total. The van der Waals surface area contributed by atoms with E-state index in [1.54, 1.807) is 25.5 Å². The van der Waals surface area contributed by atoms with E-state index in [-0.39, 0.29) is 11.7 Å². The fraction of sp³-hybridized carbons (Fsp3) is 0.182. The van der Waals surface area contributed by atoms with Gasteiger partial charge in [-0.3, -0.25) is 9.59 Å². The van der Waals surface area contributed by atoms with Crippen molar-refractivity contribution in [2.45, 2.75) is 17.8 Å². The molecule has 0 bridgehead atoms. The Morgan fingerprint density at radius 1 is 1.19 bits per heavy atom. The third-order valence-electron chi connectivity index (χ3n) is 4.90. The first-order valence-corrected chi connectivity index (χ1v) is 11.2. The van der Waals surface area contributed by atoms with Gasteiger partial charge in [-0.05, 0) is 18.6 Å². The average Bonchev–Trinajstić information content (AvgIpc) is 3.54. The molecule has 0 aliphatic heterocycles. The van der Waals surface area contributed by atoms with Gasteiger partial charge < -0.3 is 19.8 Å². The zero-order chi connectivity index (χ0) is 21.8. The van der Waals surface area contributed by atoms with Crippen LogP contribution in [0.4, 0.5) is 0 Å². The lowest BCUT2D eigenvalue weighted by Crippen LogP contribution is -2.26. The van der Waals surface area contributed by atoms with Gasteiger partial charge in [-0.25, -0.2) is 4.98 Å². The Bertz CT molecular complexity index is 1190. The Morgan fingerprint density at radius 2 is 2.00 bits per heavy atom. The van der Waals surface area contributed by atoms with E-state index >= 15 is 0 Å². The molecule has 31 heavy (non-hydrogen) atoms. The summed E-state index contributed by atoms with van der Waals surface area (Å²) in [5.41, 5.74) is 4.50. The molecule has 0 aliphatic carbocycles. The maximum Gasteiger partial charge on any atom is 0.267 e. The SMILES string of the molecule is Cc1onc(-c2ccc(CI)cc2)c1C(=O)c1c[nH]c(C(=O)NCCc2cnc[nH]2)c1. The Hall–Kier alpha value is -3.21. The predicted octanol–water partition coefficient (Wildman–Crippen LogP) is 3.84. The summed E-state index contributed by atoms with van der Waals surface area (Å²) in [5, 5.41) is 6.92. The van der Waals surface area contributed by atoms with Crippen molar-refractivity contribution in [2.75, 3.05) is 6.54 Å². The van der Waals surface area contributed by atoms with Gasteiger partial charge in [0.1, 0.15) is 17.1 Å². The van der Waals surface area contributed by atoms with Crippen molar-refractivity contribution in [3.8, 4) is 11.3 Å². The van der Waals surface area contributed by atoms with Crippen molar-refractivity contribution in [1.82, 2.24) is 25.4 Å². The zero-order valence-corrected chi connectivity index (χ0v) is 18.9. The first kappa shape index (κ1) is 21.0. The summed E-state index contributed by atoms with van der Waals surface area (Å²) in [7, 11) is 0. The topological polar surface area (TPSA) is 117 Å². The van der Waals surface area contributed by atoms with Gasteiger partial charge in [0.05, 0.1) is 11.9 Å². The minimum absolute atomic E-state index is 0.250. The highest BCUT2D eigenvalue weighted by Crippen LogP contribution is 2.28. The number of halogens is 1. The second kappa shape index (κ2) is 9.29. The van der Waals surface area contributed by atoms with Crippen molar-refractivity contribution in [3.05, 3.63) is 82.9 Å². The maximum atomic E-state index is 13.2. The number of alkyl halides is 1. The number of aromatic amines is 2. The third-order valence-corrected chi connectivity index (χ3v) is 5.78. The van der Waals surface area contributed by atoms with E-state index < -0.39 is 0 Å². The Labute approximate surface area is 192 Å². The lowest BCUT2D eigenvalue weighted by Gasteiger charge is -2.03. The number of nitrogens with one attached hydrogen (secondary N) is 3. The van der Waals surface area contributed by atoms with Crippen LogP contribution in [-0.2, 0) is 10.8 Å². The van der Waals surface area contributed by atoms with E-state index in [0.717, 1.165) is 15.7 Å². The van der Waals surface area contributed by atoms with Crippen LogP contribution in [0.5, 0.6) is 0 Å². The molecular weight excluding hydrogens is 509 g/mol. The lowest BCUT2D eigenvalue weighted by atomic mass is 9.99. The first-order valence-electron chi connectivity index (χ1n) is 9.67. The second-order valence-electron chi connectivity index (χ2n) is 7.01. The summed E-state index contributed by atoms with van der Waals surface area (Å²) in [6.45, 7) is 2.16. The van der Waals surface area contributed by atoms with Gasteiger partial charge in [0.2, 0.25) is 0 Å². The minimum atomic E-state index is -0.282. The highest BCUT2D eigenvalue weighted by atomic mass is 127. The molecule has 1 aromatic carbocycles. The molecule has 8 nitrogen and oxygen atoms in total. The number of aromatic nitrogens is 4. The lowest BCUT2D eigenvalue weighted by molar-refractivity contribution is 0.0949. The maximum absolute atomic E-state index is 13.2. The van der Waals surface area contributed by atoms with E-state index in [1.807, 2.05) is 24.3 Å². The van der Waals surface area contributed by atoms with Crippen LogP contribution in [0.15, 0.2) is 53.6 Å². The van der Waals surface area contributed by atoms with E-state index in [9.17, 15) is 9.59 Å². The van der Waals surface area contributed by atoms with Crippen molar-refractivity contribution >= 4 is 34.3 Å². The summed E-state index contributed by atoms with van der Waals surface area (Å²) in [5.74, 6) is -0.0978. The molecule has 4 aromatic rings. The normalized spacial score (nSPS) is 10.9. The van der Waals surface area contributed by atoms with Crippen molar-refractivity contribution in [1.29, 1.82) is 0 Å². The average molecular weight is 529 g/mol. The molecule has 0 radical (unpaired) electrons. The molecule has 0 unspecified atom stereocenters. The first-order chi connectivity index (χ1) is 15.1. The number of ketones is 1. The number of amides is 1. The molecule has 1 amide bonds. The van der Waals surface area contributed by atoms with Crippen LogP contribution in [-0.4, -0.2) is 38.3 Å². The molecule has 3 heterocycles. The number of aryl methyl sites for hydroxylation is 1. The van der Waals surface area contributed by atoms with Crippen LogP contribution < -0.4 is 5.32 Å². The minimum Gasteiger partial charge on any atom is -0.360 e. The number of hydrogen-bond acceptors (Lipinski definition) is 5. The van der Waals surface area contributed by atoms with Crippen LogP contribution in [0.25, 0.3) is 11.3 Å². The van der Waals surface area contributed by atoms with Gasteiger partial charge >= 0.3 is 0 Å². The molecule has 4 rings (SSSR count). The molecule has 158 valence electrons. The molecule has 0 saturated carbocycles. The fourth-order valence-corrected chi connectivity index (χ4v) is 3.73. The largest absolute Gasteiger partial charge is 0.360 e. The van der Waals surface area contributed by atoms with Gasteiger partial charge in [-0.15, -0.1) is 0 Å². The molecule has 0 aliphatic rings. The molecular formula is C22H20IN5O3. The number of H-pyrrole nitrogens is 2. The molecule has 3 aromatic heterocycles. The van der Waals surface area contributed by atoms with Gasteiger partial charge in [0.25, 0.3) is 5.91 Å². The number of nitrogens with zero attached hydrogens (tertiary/aromatic N) is 2. The number of rotatable bonds is 8. The molecule has 0 spiro atoms. The van der Waals surface area contributed by atoms with E-state index in [2.05, 4.69) is 48.0 Å². The molecule has 0 saturated heterocycles. The number of carbonyl (C=O) groups excluding carboxylic acids is 2. The highest BCUT2D eigenvalue weighted by molar-refractivity contribution is 14.1. The number of hydrogen-bond donors (Lipinski definition) is 3. The van der Waals surface area contributed by atoms with Crippen LogP contribution in [0.3, 0.4) is 0 Å². The van der Waals surface area contributed by atoms with Gasteiger partial charge in [0, 0.05) is 46.6 Å². The predicted molar refractivity (Wildman–Crippen MR) is 123 cm³/mol.